The van der Waals surface area contributed by atoms with Crippen LogP contribution in [0.1, 0.15) is 52.0 Å². The van der Waals surface area contributed by atoms with E-state index in [2.05, 4.69) is 11.4 Å². The molecule has 0 bridgehead atoms. The van der Waals surface area contributed by atoms with Crippen LogP contribution in [-0.4, -0.2) is 35.6 Å². The van der Waals surface area contributed by atoms with E-state index in [-0.39, 0.29) is 12.0 Å². The van der Waals surface area contributed by atoms with Crippen LogP contribution in [0, 0.1) is 0 Å². The molecule has 0 unspecified atom stereocenters. The van der Waals surface area contributed by atoms with Crippen LogP contribution >= 0.6 is 0 Å². The van der Waals surface area contributed by atoms with Gasteiger partial charge < -0.3 is 15.0 Å². The van der Waals surface area contributed by atoms with Crippen LogP contribution < -0.4 is 5.32 Å². The van der Waals surface area contributed by atoms with Crippen molar-refractivity contribution >= 4 is 17.7 Å². The molecule has 0 saturated carbocycles. The Bertz CT molecular complexity index is 570. The van der Waals surface area contributed by atoms with Crippen molar-refractivity contribution in [2.75, 3.05) is 18.4 Å². The Balaban J connectivity index is 2.00. The lowest BCUT2D eigenvalue weighted by Gasteiger charge is -2.34. The maximum Gasteiger partial charge on any atom is 0.410 e. The Labute approximate surface area is 138 Å². The molecular weight excluding hydrogens is 292 g/mol. The highest BCUT2D eigenvalue weighted by Gasteiger charge is 2.28. The van der Waals surface area contributed by atoms with Crippen molar-refractivity contribution in [1.29, 1.82) is 0 Å². The molecule has 5 nitrogen and oxygen atoms in total. The number of benzene rings is 1. The van der Waals surface area contributed by atoms with Crippen molar-refractivity contribution in [3.63, 3.8) is 0 Å². The highest BCUT2D eigenvalue weighted by Crippen LogP contribution is 2.33. The summed E-state index contributed by atoms with van der Waals surface area (Å²) in [5, 5.41) is 2.89. The van der Waals surface area contributed by atoms with Gasteiger partial charge in [-0.25, -0.2) is 4.79 Å². The third-order valence-electron chi connectivity index (χ3n) is 3.86. The van der Waals surface area contributed by atoms with Crippen LogP contribution in [-0.2, 0) is 9.53 Å². The molecular formula is C18H26N2O3. The minimum atomic E-state index is -0.466. The molecule has 2 rings (SSSR count). The van der Waals surface area contributed by atoms with E-state index in [0.717, 1.165) is 24.1 Å². The average Bonchev–Trinajstić information content (AvgIpc) is 2.45. The number of likely N-dealkylation sites (tertiary alicyclic amines) is 1. The smallest absolute Gasteiger partial charge is 0.410 e. The summed E-state index contributed by atoms with van der Waals surface area (Å²) in [4.78, 5) is 25.2. The van der Waals surface area contributed by atoms with Crippen LogP contribution in [0.3, 0.4) is 0 Å². The van der Waals surface area contributed by atoms with Gasteiger partial charge in [-0.1, -0.05) is 18.2 Å². The van der Waals surface area contributed by atoms with Crippen LogP contribution in [0.5, 0.6) is 0 Å². The number of para-hydroxylation sites is 1. The van der Waals surface area contributed by atoms with E-state index < -0.39 is 5.60 Å². The van der Waals surface area contributed by atoms with Crippen molar-refractivity contribution in [2.24, 2.45) is 0 Å². The molecule has 0 radical (unpaired) electrons. The number of piperidine rings is 1. The van der Waals surface area contributed by atoms with Crippen LogP contribution in [0.25, 0.3) is 0 Å². The summed E-state index contributed by atoms with van der Waals surface area (Å²) in [6, 6.07) is 7.89. The van der Waals surface area contributed by atoms with Gasteiger partial charge in [0.15, 0.2) is 0 Å². The van der Waals surface area contributed by atoms with Gasteiger partial charge in [-0.3, -0.25) is 4.79 Å². The fourth-order valence-corrected chi connectivity index (χ4v) is 2.86. The maximum atomic E-state index is 12.1. The summed E-state index contributed by atoms with van der Waals surface area (Å²) in [5.74, 6) is 0.278. The quantitative estimate of drug-likeness (QED) is 0.903. The van der Waals surface area contributed by atoms with Gasteiger partial charge in [-0.15, -0.1) is 0 Å². The molecule has 5 heteroatoms. The van der Waals surface area contributed by atoms with E-state index >= 15 is 0 Å². The number of nitrogens with one attached hydrogen (secondary N) is 1. The number of amides is 2. The van der Waals surface area contributed by atoms with Crippen molar-refractivity contribution < 1.29 is 14.3 Å². The molecule has 126 valence electrons. The number of ether oxygens (including phenoxy) is 1. The SMILES string of the molecule is CC(=O)Nc1ccccc1C1CCN(C(=O)OC(C)(C)C)CC1. The van der Waals surface area contributed by atoms with Gasteiger partial charge in [0.05, 0.1) is 0 Å². The van der Waals surface area contributed by atoms with E-state index in [1.54, 1.807) is 4.90 Å². The van der Waals surface area contributed by atoms with Crippen molar-refractivity contribution in [1.82, 2.24) is 4.90 Å². The fourth-order valence-electron chi connectivity index (χ4n) is 2.86. The summed E-state index contributed by atoms with van der Waals surface area (Å²) < 4.78 is 5.42. The Morgan fingerprint density at radius 3 is 2.35 bits per heavy atom. The van der Waals surface area contributed by atoms with E-state index in [0.29, 0.717) is 19.0 Å². The third-order valence-corrected chi connectivity index (χ3v) is 3.86. The normalized spacial score (nSPS) is 16.1. The molecule has 23 heavy (non-hydrogen) atoms. The van der Waals surface area contributed by atoms with Gasteiger partial charge in [0.25, 0.3) is 0 Å². The molecule has 1 aliphatic heterocycles. The summed E-state index contributed by atoms with van der Waals surface area (Å²) in [5.41, 5.74) is 1.55. The van der Waals surface area contributed by atoms with Crippen LogP contribution in [0.2, 0.25) is 0 Å². The second-order valence-corrected chi connectivity index (χ2v) is 7.01. The lowest BCUT2D eigenvalue weighted by molar-refractivity contribution is -0.114. The summed E-state index contributed by atoms with van der Waals surface area (Å²) in [6.45, 7) is 8.49. The zero-order valence-electron chi connectivity index (χ0n) is 14.4. The first kappa shape index (κ1) is 17.3. The van der Waals surface area contributed by atoms with Gasteiger partial charge in [0, 0.05) is 25.7 Å². The minimum absolute atomic E-state index is 0.0661. The molecule has 2 amide bonds. The molecule has 1 aromatic rings. The maximum absolute atomic E-state index is 12.1. The zero-order valence-corrected chi connectivity index (χ0v) is 14.4. The molecule has 0 aromatic heterocycles. The van der Waals surface area contributed by atoms with Crippen LogP contribution in [0.4, 0.5) is 10.5 Å². The van der Waals surface area contributed by atoms with Gasteiger partial charge in [0.2, 0.25) is 5.91 Å². The molecule has 1 N–H and O–H groups in total. The monoisotopic (exact) mass is 318 g/mol. The molecule has 0 atom stereocenters. The van der Waals surface area contributed by atoms with E-state index in [9.17, 15) is 9.59 Å². The predicted octanol–water partition coefficient (Wildman–Crippen LogP) is 3.76. The van der Waals surface area contributed by atoms with Gasteiger partial charge in [-0.05, 0) is 51.2 Å². The largest absolute Gasteiger partial charge is 0.444 e. The highest BCUT2D eigenvalue weighted by molar-refractivity contribution is 5.89. The van der Waals surface area contributed by atoms with Gasteiger partial charge in [0.1, 0.15) is 5.60 Å². The fraction of sp³-hybridized carbons (Fsp3) is 0.556. The van der Waals surface area contributed by atoms with Crippen molar-refractivity contribution in [3.8, 4) is 0 Å². The molecule has 1 heterocycles. The standard InChI is InChI=1S/C18H26N2O3/c1-13(21)19-16-8-6-5-7-15(16)14-9-11-20(12-10-14)17(22)23-18(2,3)4/h5-8,14H,9-12H2,1-4H3,(H,19,21). The Morgan fingerprint density at radius 1 is 1.17 bits per heavy atom. The second kappa shape index (κ2) is 7.02. The summed E-state index contributed by atoms with van der Waals surface area (Å²) >= 11 is 0. The number of hydrogen-bond donors (Lipinski definition) is 1. The summed E-state index contributed by atoms with van der Waals surface area (Å²) in [7, 11) is 0. The first-order chi connectivity index (χ1) is 10.8. The van der Waals surface area contributed by atoms with Crippen molar-refractivity contribution in [3.05, 3.63) is 29.8 Å². The number of rotatable bonds is 2. The first-order valence-corrected chi connectivity index (χ1v) is 8.11. The number of anilines is 1. The molecule has 1 aromatic carbocycles. The molecule has 1 fully saturated rings. The molecule has 0 aliphatic carbocycles. The van der Waals surface area contributed by atoms with Crippen LogP contribution in [0.15, 0.2) is 24.3 Å². The lowest BCUT2D eigenvalue weighted by atomic mass is 9.88. The zero-order chi connectivity index (χ0) is 17.0. The third kappa shape index (κ3) is 4.98. The predicted molar refractivity (Wildman–Crippen MR) is 90.5 cm³/mol. The van der Waals surface area contributed by atoms with Gasteiger partial charge >= 0.3 is 6.09 Å². The van der Waals surface area contributed by atoms with E-state index in [4.69, 9.17) is 4.74 Å². The van der Waals surface area contributed by atoms with E-state index in [1.807, 2.05) is 39.0 Å². The van der Waals surface area contributed by atoms with E-state index in [1.165, 1.54) is 6.92 Å². The minimum Gasteiger partial charge on any atom is -0.444 e. The Kier molecular flexibility index (Phi) is 5.29. The second-order valence-electron chi connectivity index (χ2n) is 7.01. The molecule has 1 aliphatic rings. The topological polar surface area (TPSA) is 58.6 Å². The highest BCUT2D eigenvalue weighted by atomic mass is 16.6. The first-order valence-electron chi connectivity index (χ1n) is 8.11. The number of carbonyl (C=O) groups excluding carboxylic acids is 2. The Hall–Kier alpha value is -2.04. The van der Waals surface area contributed by atoms with Crippen molar-refractivity contribution in [2.45, 2.75) is 52.1 Å². The molecule has 0 spiro atoms. The number of hydrogen-bond acceptors (Lipinski definition) is 3. The average molecular weight is 318 g/mol. The number of nitrogens with zero attached hydrogens (tertiary/aromatic N) is 1. The van der Waals surface area contributed by atoms with Gasteiger partial charge in [-0.2, -0.15) is 0 Å². The Morgan fingerprint density at radius 2 is 1.78 bits per heavy atom. The summed E-state index contributed by atoms with van der Waals surface area (Å²) in [6.07, 6.45) is 1.50. The molecule has 1 saturated heterocycles. The number of carbonyl (C=O) groups is 2. The lowest BCUT2D eigenvalue weighted by Crippen LogP contribution is -2.41.